The molecule has 1 aliphatic rings. The van der Waals surface area contributed by atoms with Crippen molar-refractivity contribution in [2.24, 2.45) is 0 Å². The molecule has 0 fully saturated rings. The van der Waals surface area contributed by atoms with Crippen LogP contribution in [0, 0.1) is 11.3 Å². The van der Waals surface area contributed by atoms with Crippen molar-refractivity contribution < 1.29 is 8.42 Å². The molecule has 0 radical (unpaired) electrons. The van der Waals surface area contributed by atoms with E-state index in [0.717, 1.165) is 11.4 Å². The number of rotatable bonds is 2. The Balaban J connectivity index is 2.00. The van der Waals surface area contributed by atoms with E-state index in [4.69, 9.17) is 5.26 Å². The largest absolute Gasteiger partial charge is 0.347 e. The molecule has 0 spiro atoms. The second-order valence-corrected chi connectivity index (χ2v) is 6.43. The maximum absolute atomic E-state index is 12.6. The predicted molar refractivity (Wildman–Crippen MR) is 71.0 cm³/mol. The van der Waals surface area contributed by atoms with Crippen LogP contribution in [0.15, 0.2) is 35.5 Å². The van der Waals surface area contributed by atoms with Crippen LogP contribution in [0.1, 0.15) is 17.0 Å². The molecule has 0 amide bonds. The molecule has 3 rings (SSSR count). The van der Waals surface area contributed by atoms with E-state index in [9.17, 15) is 8.42 Å². The van der Waals surface area contributed by atoms with Crippen molar-refractivity contribution in [1.82, 2.24) is 14.3 Å². The molecule has 0 aliphatic carbocycles. The number of H-pyrrole nitrogens is 1. The molecule has 0 saturated carbocycles. The fraction of sp³-hybridized carbons (Fsp3) is 0.231. The first-order valence-corrected chi connectivity index (χ1v) is 7.57. The molecule has 7 heteroatoms. The third-order valence-electron chi connectivity index (χ3n) is 3.37. The highest BCUT2D eigenvalue weighted by atomic mass is 32.2. The van der Waals surface area contributed by atoms with Gasteiger partial charge in [0.15, 0.2) is 0 Å². The number of nitrogens with one attached hydrogen (secondary N) is 1. The van der Waals surface area contributed by atoms with Gasteiger partial charge in [0.1, 0.15) is 6.07 Å². The van der Waals surface area contributed by atoms with Crippen LogP contribution in [0.2, 0.25) is 0 Å². The third-order valence-corrected chi connectivity index (χ3v) is 5.27. The van der Waals surface area contributed by atoms with Crippen molar-refractivity contribution in [3.63, 3.8) is 0 Å². The van der Waals surface area contributed by atoms with Crippen LogP contribution in [0.3, 0.4) is 0 Å². The van der Waals surface area contributed by atoms with E-state index in [2.05, 4.69) is 9.97 Å². The summed E-state index contributed by atoms with van der Waals surface area (Å²) in [5.74, 6) is 0. The molecule has 2 heterocycles. The number of fused-ring (bicyclic) bond motifs is 1. The first-order chi connectivity index (χ1) is 9.63. The van der Waals surface area contributed by atoms with E-state index in [-0.39, 0.29) is 17.0 Å². The van der Waals surface area contributed by atoms with Gasteiger partial charge < -0.3 is 4.98 Å². The summed E-state index contributed by atoms with van der Waals surface area (Å²) in [5, 5.41) is 9.06. The molecule has 20 heavy (non-hydrogen) atoms. The van der Waals surface area contributed by atoms with Crippen molar-refractivity contribution in [3.8, 4) is 6.07 Å². The van der Waals surface area contributed by atoms with Gasteiger partial charge in [0.25, 0.3) is 0 Å². The van der Waals surface area contributed by atoms with E-state index in [1.54, 1.807) is 18.5 Å². The summed E-state index contributed by atoms with van der Waals surface area (Å²) in [4.78, 5) is 7.17. The van der Waals surface area contributed by atoms with Gasteiger partial charge in [-0.2, -0.15) is 9.57 Å². The summed E-state index contributed by atoms with van der Waals surface area (Å²) < 4.78 is 26.7. The molecule has 6 nitrogen and oxygen atoms in total. The zero-order valence-corrected chi connectivity index (χ0v) is 11.4. The molecular weight excluding hydrogens is 276 g/mol. The standard InChI is InChI=1S/C13H12N4O2S/c14-7-10-3-1-2-4-13(10)20(18,19)17-6-5-11-12(8-17)16-9-15-11/h1-4,9H,5-6,8H2,(H,15,16). The highest BCUT2D eigenvalue weighted by Crippen LogP contribution is 2.24. The normalized spacial score (nSPS) is 15.6. The second kappa shape index (κ2) is 4.74. The predicted octanol–water partition coefficient (Wildman–Crippen LogP) is 1.03. The zero-order valence-electron chi connectivity index (χ0n) is 10.6. The highest BCUT2D eigenvalue weighted by Gasteiger charge is 2.30. The average Bonchev–Trinajstić information content (AvgIpc) is 2.94. The van der Waals surface area contributed by atoms with Crippen LogP contribution in [0.4, 0.5) is 0 Å². The van der Waals surface area contributed by atoms with Crippen molar-refractivity contribution in [1.29, 1.82) is 5.26 Å². The van der Waals surface area contributed by atoms with Crippen LogP contribution in [-0.4, -0.2) is 29.2 Å². The second-order valence-electron chi connectivity index (χ2n) is 4.52. The fourth-order valence-corrected chi connectivity index (χ4v) is 3.87. The maximum atomic E-state index is 12.6. The van der Waals surface area contributed by atoms with Crippen LogP contribution >= 0.6 is 0 Å². The van der Waals surface area contributed by atoms with Crippen LogP contribution in [-0.2, 0) is 23.0 Å². The van der Waals surface area contributed by atoms with E-state index < -0.39 is 10.0 Å². The molecule has 0 atom stereocenters. The minimum absolute atomic E-state index is 0.0606. The Morgan fingerprint density at radius 3 is 2.95 bits per heavy atom. The SMILES string of the molecule is N#Cc1ccccc1S(=O)(=O)N1CCc2nc[nH]c2C1. The first-order valence-electron chi connectivity index (χ1n) is 6.13. The topological polar surface area (TPSA) is 89.8 Å². The molecule has 1 aliphatic heterocycles. The molecule has 2 aromatic rings. The maximum Gasteiger partial charge on any atom is 0.244 e. The Hall–Kier alpha value is -2.17. The minimum Gasteiger partial charge on any atom is -0.347 e. The number of nitriles is 1. The summed E-state index contributed by atoms with van der Waals surface area (Å²) in [6.07, 6.45) is 2.15. The minimum atomic E-state index is -3.66. The van der Waals surface area contributed by atoms with Gasteiger partial charge >= 0.3 is 0 Å². The highest BCUT2D eigenvalue weighted by molar-refractivity contribution is 7.89. The number of hydrogen-bond acceptors (Lipinski definition) is 4. The van der Waals surface area contributed by atoms with Gasteiger partial charge in [-0.25, -0.2) is 13.4 Å². The van der Waals surface area contributed by atoms with E-state index in [1.807, 2.05) is 6.07 Å². The lowest BCUT2D eigenvalue weighted by molar-refractivity contribution is 0.385. The molecular formula is C13H12N4O2S. The van der Waals surface area contributed by atoms with Crippen molar-refractivity contribution in [2.45, 2.75) is 17.9 Å². The fourth-order valence-electron chi connectivity index (χ4n) is 2.32. The Kier molecular flexibility index (Phi) is 3.04. The zero-order chi connectivity index (χ0) is 14.2. The summed E-state index contributed by atoms with van der Waals surface area (Å²) in [7, 11) is -3.66. The van der Waals surface area contributed by atoms with Crippen LogP contribution < -0.4 is 0 Å². The summed E-state index contributed by atoms with van der Waals surface area (Å²) >= 11 is 0. The number of sulfonamides is 1. The Morgan fingerprint density at radius 1 is 1.35 bits per heavy atom. The number of nitrogens with zero attached hydrogens (tertiary/aromatic N) is 3. The third kappa shape index (κ3) is 1.99. The molecule has 1 aromatic carbocycles. The van der Waals surface area contributed by atoms with Crippen molar-refractivity contribution in [3.05, 3.63) is 47.5 Å². The monoisotopic (exact) mass is 288 g/mol. The summed E-state index contributed by atoms with van der Waals surface area (Å²) in [6, 6.07) is 8.19. The molecule has 0 unspecified atom stereocenters. The average molecular weight is 288 g/mol. The first kappa shape index (κ1) is 12.8. The molecule has 0 saturated heterocycles. The molecule has 1 N–H and O–H groups in total. The van der Waals surface area contributed by atoms with Gasteiger partial charge in [0.05, 0.1) is 34.7 Å². The van der Waals surface area contributed by atoms with E-state index >= 15 is 0 Å². The van der Waals surface area contributed by atoms with Crippen LogP contribution in [0.5, 0.6) is 0 Å². The smallest absolute Gasteiger partial charge is 0.244 e. The number of hydrogen-bond donors (Lipinski definition) is 1. The van der Waals surface area contributed by atoms with Crippen LogP contribution in [0.25, 0.3) is 0 Å². The van der Waals surface area contributed by atoms with Gasteiger partial charge in [-0.05, 0) is 12.1 Å². The van der Waals surface area contributed by atoms with E-state index in [1.165, 1.54) is 16.4 Å². The lowest BCUT2D eigenvalue weighted by Gasteiger charge is -2.25. The molecule has 102 valence electrons. The Bertz CT molecular complexity index is 789. The number of imidazole rings is 1. The number of aromatic nitrogens is 2. The van der Waals surface area contributed by atoms with Gasteiger partial charge in [-0.15, -0.1) is 0 Å². The lowest BCUT2D eigenvalue weighted by Crippen LogP contribution is -2.36. The summed E-state index contributed by atoms with van der Waals surface area (Å²) in [5.41, 5.74) is 1.89. The Labute approximate surface area is 116 Å². The quantitative estimate of drug-likeness (QED) is 0.893. The molecule has 1 aromatic heterocycles. The molecule has 0 bridgehead atoms. The number of aromatic amines is 1. The lowest BCUT2D eigenvalue weighted by atomic mass is 10.2. The van der Waals surface area contributed by atoms with Crippen molar-refractivity contribution >= 4 is 10.0 Å². The summed E-state index contributed by atoms with van der Waals surface area (Å²) in [6.45, 7) is 0.636. The van der Waals surface area contributed by atoms with Gasteiger partial charge in [0, 0.05) is 13.0 Å². The van der Waals surface area contributed by atoms with Crippen molar-refractivity contribution in [2.75, 3.05) is 6.54 Å². The van der Waals surface area contributed by atoms with Gasteiger partial charge in [-0.3, -0.25) is 0 Å². The van der Waals surface area contributed by atoms with E-state index in [0.29, 0.717) is 13.0 Å². The Morgan fingerprint density at radius 2 is 2.15 bits per heavy atom. The number of benzene rings is 1. The van der Waals surface area contributed by atoms with Gasteiger partial charge in [0.2, 0.25) is 10.0 Å². The van der Waals surface area contributed by atoms with Gasteiger partial charge in [-0.1, -0.05) is 12.1 Å².